The van der Waals surface area contributed by atoms with Crippen LogP contribution in [0.3, 0.4) is 0 Å². The van der Waals surface area contributed by atoms with Gasteiger partial charge in [-0.25, -0.2) is 0 Å². The van der Waals surface area contributed by atoms with Crippen molar-refractivity contribution in [3.63, 3.8) is 0 Å². The third-order valence-corrected chi connectivity index (χ3v) is 9.51. The molecule has 2 nitrogen and oxygen atoms in total. The van der Waals surface area contributed by atoms with Crippen LogP contribution in [-0.4, -0.2) is 5.11 Å². The van der Waals surface area contributed by atoms with Crippen molar-refractivity contribution in [2.75, 3.05) is 0 Å². The van der Waals surface area contributed by atoms with Crippen LogP contribution in [0, 0.1) is 0 Å². The van der Waals surface area contributed by atoms with E-state index in [2.05, 4.69) is 67.6 Å². The lowest BCUT2D eigenvalue weighted by molar-refractivity contribution is -0.000624. The molecule has 0 aliphatic heterocycles. The maximum atomic E-state index is 10.3. The summed E-state index contributed by atoms with van der Waals surface area (Å²) in [6.45, 7) is 2.42. The SMILES string of the molecule is CC1(c2ccccc2)CCCCC1.NC1(c2ccccc2)CCCCC1.OC1(c2ccccc2)CCCCC1. The third-order valence-electron chi connectivity index (χ3n) is 9.51. The second-order valence-electron chi connectivity index (χ2n) is 12.5. The van der Waals surface area contributed by atoms with Gasteiger partial charge < -0.3 is 10.8 Å². The van der Waals surface area contributed by atoms with E-state index in [1.165, 1.54) is 68.9 Å². The standard InChI is InChI=1S/C13H18.C12H17N.C12H16O/c1-13(10-6-3-7-11-13)12-8-4-2-5-9-12;2*13-12(9-5-2-6-10-12)11-7-3-1-4-8-11/h2,4-5,8-9H,3,6-7,10-11H2,1H3;1,3-4,7-8H,2,5-6,9-10,13H2;1,3-4,7-8,13H,2,5-6,9-10H2. The Morgan fingerprint density at radius 2 is 0.821 bits per heavy atom. The van der Waals surface area contributed by atoms with E-state index in [9.17, 15) is 5.11 Å². The van der Waals surface area contributed by atoms with E-state index < -0.39 is 5.60 Å². The van der Waals surface area contributed by atoms with Crippen molar-refractivity contribution in [2.45, 2.75) is 120 Å². The molecule has 0 atom stereocenters. The van der Waals surface area contributed by atoms with Crippen LogP contribution in [-0.2, 0) is 16.6 Å². The summed E-state index contributed by atoms with van der Waals surface area (Å²) < 4.78 is 0. The zero-order valence-corrected chi connectivity index (χ0v) is 24.3. The van der Waals surface area contributed by atoms with Gasteiger partial charge in [-0.1, -0.05) is 156 Å². The van der Waals surface area contributed by atoms with Crippen LogP contribution in [0.15, 0.2) is 91.0 Å². The lowest BCUT2D eigenvalue weighted by Crippen LogP contribution is -2.38. The molecule has 210 valence electrons. The monoisotopic (exact) mass is 525 g/mol. The second kappa shape index (κ2) is 14.3. The highest BCUT2D eigenvalue weighted by Crippen LogP contribution is 2.39. The van der Waals surface area contributed by atoms with Gasteiger partial charge in [0.05, 0.1) is 5.60 Å². The smallest absolute Gasteiger partial charge is 0.0896 e. The van der Waals surface area contributed by atoms with E-state index >= 15 is 0 Å². The summed E-state index contributed by atoms with van der Waals surface area (Å²) in [7, 11) is 0. The van der Waals surface area contributed by atoms with E-state index in [1.54, 1.807) is 0 Å². The predicted molar refractivity (Wildman–Crippen MR) is 166 cm³/mol. The van der Waals surface area contributed by atoms with Crippen LogP contribution in [0.1, 0.15) is 120 Å². The van der Waals surface area contributed by atoms with Gasteiger partial charge in [-0.05, 0) is 60.6 Å². The fourth-order valence-corrected chi connectivity index (χ4v) is 6.88. The minimum absolute atomic E-state index is 0.0283. The number of benzene rings is 3. The van der Waals surface area contributed by atoms with E-state index in [4.69, 9.17) is 5.73 Å². The van der Waals surface area contributed by atoms with Crippen LogP contribution >= 0.6 is 0 Å². The fourth-order valence-electron chi connectivity index (χ4n) is 6.88. The van der Waals surface area contributed by atoms with Crippen LogP contribution in [0.5, 0.6) is 0 Å². The molecule has 0 amide bonds. The van der Waals surface area contributed by atoms with Gasteiger partial charge in [-0.2, -0.15) is 0 Å². The van der Waals surface area contributed by atoms with Gasteiger partial charge in [0.15, 0.2) is 0 Å². The summed E-state index contributed by atoms with van der Waals surface area (Å²) in [5, 5.41) is 10.3. The Morgan fingerprint density at radius 1 is 0.462 bits per heavy atom. The molecule has 3 fully saturated rings. The second-order valence-corrected chi connectivity index (χ2v) is 12.5. The van der Waals surface area contributed by atoms with Gasteiger partial charge in [0.1, 0.15) is 0 Å². The summed E-state index contributed by atoms with van der Waals surface area (Å²) in [6.07, 6.45) is 18.7. The molecule has 0 heterocycles. The Balaban J connectivity index is 0.000000136. The van der Waals surface area contributed by atoms with Crippen LogP contribution < -0.4 is 5.73 Å². The maximum absolute atomic E-state index is 10.3. The zero-order valence-electron chi connectivity index (χ0n) is 24.3. The molecule has 0 unspecified atom stereocenters. The van der Waals surface area contributed by atoms with Gasteiger partial charge in [-0.3, -0.25) is 0 Å². The largest absolute Gasteiger partial charge is 0.385 e. The van der Waals surface area contributed by atoms with E-state index in [0.717, 1.165) is 44.1 Å². The highest BCUT2D eigenvalue weighted by molar-refractivity contribution is 5.25. The first-order valence-electron chi connectivity index (χ1n) is 15.6. The Morgan fingerprint density at radius 3 is 1.28 bits per heavy atom. The topological polar surface area (TPSA) is 46.2 Å². The molecule has 0 radical (unpaired) electrons. The van der Waals surface area contributed by atoms with E-state index in [1.807, 2.05) is 30.3 Å². The van der Waals surface area contributed by atoms with Crippen molar-refractivity contribution in [1.82, 2.24) is 0 Å². The van der Waals surface area contributed by atoms with Crippen LogP contribution in [0.25, 0.3) is 0 Å². The first-order chi connectivity index (χ1) is 18.9. The van der Waals surface area contributed by atoms with E-state index in [-0.39, 0.29) is 5.54 Å². The van der Waals surface area contributed by atoms with Gasteiger partial charge in [0.25, 0.3) is 0 Å². The first-order valence-corrected chi connectivity index (χ1v) is 15.6. The molecule has 3 N–H and O–H groups in total. The number of nitrogens with two attached hydrogens (primary N) is 1. The first kappa shape index (κ1) is 29.6. The van der Waals surface area contributed by atoms with Gasteiger partial charge >= 0.3 is 0 Å². The minimum Gasteiger partial charge on any atom is -0.385 e. The van der Waals surface area contributed by atoms with Crippen molar-refractivity contribution in [2.24, 2.45) is 5.73 Å². The van der Waals surface area contributed by atoms with Gasteiger partial charge in [0, 0.05) is 5.54 Å². The number of rotatable bonds is 3. The number of aliphatic hydroxyl groups is 1. The van der Waals surface area contributed by atoms with Crippen LogP contribution in [0.2, 0.25) is 0 Å². The molecular weight excluding hydrogens is 474 g/mol. The highest BCUT2D eigenvalue weighted by atomic mass is 16.3. The van der Waals surface area contributed by atoms with Crippen molar-refractivity contribution in [3.8, 4) is 0 Å². The zero-order chi connectivity index (χ0) is 27.4. The Labute approximate surface area is 238 Å². The van der Waals surface area contributed by atoms with Gasteiger partial charge in [-0.15, -0.1) is 0 Å². The Bertz CT molecular complexity index is 919. The number of hydrogen-bond acceptors (Lipinski definition) is 2. The molecule has 0 saturated heterocycles. The maximum Gasteiger partial charge on any atom is 0.0896 e. The quantitative estimate of drug-likeness (QED) is 0.357. The summed E-state index contributed by atoms with van der Waals surface area (Å²) in [4.78, 5) is 0. The molecular formula is C37H51NO. The average molecular weight is 526 g/mol. The molecule has 3 aliphatic rings. The normalized spacial score (nSPS) is 21.3. The molecule has 3 aliphatic carbocycles. The molecule has 0 bridgehead atoms. The predicted octanol–water partition coefficient (Wildman–Crippen LogP) is 9.55. The molecule has 6 rings (SSSR count). The molecule has 0 aromatic heterocycles. The van der Waals surface area contributed by atoms with Crippen molar-refractivity contribution >= 4 is 0 Å². The summed E-state index contributed by atoms with van der Waals surface area (Å²) in [6, 6.07) is 31.6. The fraction of sp³-hybridized carbons (Fsp3) is 0.514. The van der Waals surface area contributed by atoms with Crippen LogP contribution in [0.4, 0.5) is 0 Å². The summed E-state index contributed by atoms with van der Waals surface area (Å²) in [5.41, 5.74) is 10.2. The molecule has 3 aromatic carbocycles. The van der Waals surface area contributed by atoms with Crippen molar-refractivity contribution in [3.05, 3.63) is 108 Å². The molecule has 2 heteroatoms. The minimum atomic E-state index is -0.528. The third kappa shape index (κ3) is 8.29. The summed E-state index contributed by atoms with van der Waals surface area (Å²) in [5.74, 6) is 0. The Hall–Kier alpha value is -2.42. The molecule has 0 spiro atoms. The highest BCUT2D eigenvalue weighted by Gasteiger charge is 2.31. The van der Waals surface area contributed by atoms with Gasteiger partial charge in [0.2, 0.25) is 0 Å². The molecule has 3 aromatic rings. The summed E-state index contributed by atoms with van der Waals surface area (Å²) >= 11 is 0. The van der Waals surface area contributed by atoms with Crippen molar-refractivity contribution < 1.29 is 5.11 Å². The lowest BCUT2D eigenvalue weighted by atomic mass is 9.71. The lowest BCUT2D eigenvalue weighted by Gasteiger charge is -2.34. The molecule has 39 heavy (non-hydrogen) atoms. The van der Waals surface area contributed by atoms with Crippen molar-refractivity contribution in [1.29, 1.82) is 0 Å². The van der Waals surface area contributed by atoms with E-state index in [0.29, 0.717) is 5.41 Å². The average Bonchev–Trinajstić information content (AvgIpc) is 3.00. The molecule has 3 saturated carbocycles. The Kier molecular flexibility index (Phi) is 10.8. The number of hydrogen-bond donors (Lipinski definition) is 2.